The Labute approximate surface area is 123 Å². The lowest BCUT2D eigenvalue weighted by atomic mass is 10.2. The van der Waals surface area contributed by atoms with Gasteiger partial charge < -0.3 is 5.32 Å². The largest absolute Gasteiger partial charge is 0.361 e. The Morgan fingerprint density at radius 1 is 1.50 bits per heavy atom. The van der Waals surface area contributed by atoms with Gasteiger partial charge in [0.1, 0.15) is 5.69 Å². The summed E-state index contributed by atoms with van der Waals surface area (Å²) in [5.74, 6) is 1.64. The summed E-state index contributed by atoms with van der Waals surface area (Å²) < 4.78 is 1.61. The van der Waals surface area contributed by atoms with Crippen LogP contribution in [-0.4, -0.2) is 31.7 Å². The summed E-state index contributed by atoms with van der Waals surface area (Å²) in [5.41, 5.74) is 0.694. The predicted molar refractivity (Wildman–Crippen MR) is 82.4 cm³/mol. The first-order chi connectivity index (χ1) is 9.58. The summed E-state index contributed by atoms with van der Waals surface area (Å²) in [7, 11) is 1.77. The minimum absolute atomic E-state index is 0.141. The van der Waals surface area contributed by atoms with E-state index in [-0.39, 0.29) is 10.6 Å². The average molecular weight is 298 g/mol. The zero-order valence-electron chi connectivity index (χ0n) is 12.3. The minimum Gasteiger partial charge on any atom is -0.361 e. The molecule has 20 heavy (non-hydrogen) atoms. The lowest BCUT2D eigenvalue weighted by Gasteiger charge is -2.20. The molecule has 1 aromatic rings. The number of nitrogens with zero attached hydrogens (tertiary/aromatic N) is 3. The zero-order chi connectivity index (χ0) is 14.7. The highest BCUT2D eigenvalue weighted by Gasteiger charge is 2.32. The standard InChI is InChI=1S/C13H22N4O2S/c1-4-9-12(17(18)19)13(16(3)15-9)14-10-7-6-8-11(10)20-5-2/h10-11,14H,4-8H2,1-3H3. The third kappa shape index (κ3) is 2.92. The Balaban J connectivity index is 2.24. The van der Waals surface area contributed by atoms with Gasteiger partial charge in [0.2, 0.25) is 5.82 Å². The molecule has 0 spiro atoms. The Morgan fingerprint density at radius 3 is 2.85 bits per heavy atom. The van der Waals surface area contributed by atoms with Gasteiger partial charge in [0, 0.05) is 18.3 Å². The summed E-state index contributed by atoms with van der Waals surface area (Å²) in [6.07, 6.45) is 4.01. The maximum Gasteiger partial charge on any atom is 0.333 e. The van der Waals surface area contributed by atoms with E-state index in [1.165, 1.54) is 12.8 Å². The van der Waals surface area contributed by atoms with Crippen molar-refractivity contribution in [3.8, 4) is 0 Å². The maximum atomic E-state index is 11.3. The molecule has 2 unspecified atom stereocenters. The van der Waals surface area contributed by atoms with Gasteiger partial charge in [0.05, 0.1) is 4.92 Å². The second kappa shape index (κ2) is 6.47. The smallest absolute Gasteiger partial charge is 0.333 e. The van der Waals surface area contributed by atoms with E-state index in [2.05, 4.69) is 17.3 Å². The number of aromatic nitrogens is 2. The number of anilines is 1. The van der Waals surface area contributed by atoms with E-state index in [0.717, 1.165) is 12.2 Å². The molecule has 6 nitrogen and oxygen atoms in total. The molecule has 1 fully saturated rings. The molecule has 0 saturated heterocycles. The van der Waals surface area contributed by atoms with Crippen molar-refractivity contribution in [1.82, 2.24) is 9.78 Å². The molecule has 2 atom stereocenters. The molecule has 7 heteroatoms. The van der Waals surface area contributed by atoms with Crippen LogP contribution >= 0.6 is 11.8 Å². The van der Waals surface area contributed by atoms with Crippen molar-refractivity contribution in [1.29, 1.82) is 0 Å². The summed E-state index contributed by atoms with van der Waals surface area (Å²) in [5, 5.41) is 19.5. The molecule has 112 valence electrons. The summed E-state index contributed by atoms with van der Waals surface area (Å²) in [6, 6.07) is 0.304. The molecule has 1 saturated carbocycles. The molecule has 1 aliphatic rings. The van der Waals surface area contributed by atoms with Crippen LogP contribution in [0.4, 0.5) is 11.5 Å². The van der Waals surface area contributed by atoms with Crippen LogP contribution in [0.15, 0.2) is 0 Å². The molecule has 1 aliphatic carbocycles. The number of nitrogens with one attached hydrogen (secondary N) is 1. The lowest BCUT2D eigenvalue weighted by Crippen LogP contribution is -2.27. The van der Waals surface area contributed by atoms with Crippen LogP contribution in [0.2, 0.25) is 0 Å². The van der Waals surface area contributed by atoms with Gasteiger partial charge in [-0.25, -0.2) is 4.68 Å². The van der Waals surface area contributed by atoms with Crippen LogP contribution in [0.5, 0.6) is 0 Å². The monoisotopic (exact) mass is 298 g/mol. The van der Waals surface area contributed by atoms with Crippen molar-refractivity contribution in [2.45, 2.75) is 50.8 Å². The van der Waals surface area contributed by atoms with E-state index in [4.69, 9.17) is 0 Å². The topological polar surface area (TPSA) is 73.0 Å². The molecule has 0 aromatic carbocycles. The zero-order valence-corrected chi connectivity index (χ0v) is 13.1. The molecule has 0 aliphatic heterocycles. The van der Waals surface area contributed by atoms with Gasteiger partial charge in [0.15, 0.2) is 0 Å². The van der Waals surface area contributed by atoms with Crippen LogP contribution < -0.4 is 5.32 Å². The predicted octanol–water partition coefficient (Wildman–Crippen LogP) is 2.98. The van der Waals surface area contributed by atoms with Crippen LogP contribution in [0.3, 0.4) is 0 Å². The van der Waals surface area contributed by atoms with Crippen molar-refractivity contribution in [3.05, 3.63) is 15.8 Å². The van der Waals surface area contributed by atoms with Gasteiger partial charge in [0.25, 0.3) is 0 Å². The quantitative estimate of drug-likeness (QED) is 0.645. The Hall–Kier alpha value is -1.24. The van der Waals surface area contributed by atoms with Crippen molar-refractivity contribution in [2.24, 2.45) is 7.05 Å². The minimum atomic E-state index is -0.314. The van der Waals surface area contributed by atoms with Crippen molar-refractivity contribution in [3.63, 3.8) is 0 Å². The van der Waals surface area contributed by atoms with E-state index in [1.807, 2.05) is 18.7 Å². The number of hydrogen-bond donors (Lipinski definition) is 1. The van der Waals surface area contributed by atoms with Crippen molar-refractivity contribution in [2.75, 3.05) is 11.1 Å². The SMILES string of the molecule is CCSC1CCCC1Nc1c([N+](=O)[O-])c(CC)nn1C. The van der Waals surface area contributed by atoms with E-state index in [0.29, 0.717) is 29.2 Å². The molecule has 2 rings (SSSR count). The maximum absolute atomic E-state index is 11.3. The number of hydrogen-bond acceptors (Lipinski definition) is 5. The van der Waals surface area contributed by atoms with Crippen LogP contribution in [0.25, 0.3) is 0 Å². The van der Waals surface area contributed by atoms with Gasteiger partial charge >= 0.3 is 5.69 Å². The van der Waals surface area contributed by atoms with Crippen LogP contribution in [-0.2, 0) is 13.5 Å². The molecular formula is C13H22N4O2S. The lowest BCUT2D eigenvalue weighted by molar-refractivity contribution is -0.384. The molecule has 0 amide bonds. The molecule has 1 aromatic heterocycles. The first-order valence-electron chi connectivity index (χ1n) is 7.16. The van der Waals surface area contributed by atoms with E-state index < -0.39 is 0 Å². The number of thioether (sulfide) groups is 1. The molecular weight excluding hydrogens is 276 g/mol. The Kier molecular flexibility index (Phi) is 4.91. The third-order valence-electron chi connectivity index (χ3n) is 3.76. The van der Waals surface area contributed by atoms with Gasteiger partial charge in [-0.2, -0.15) is 16.9 Å². The fraction of sp³-hybridized carbons (Fsp3) is 0.769. The van der Waals surface area contributed by atoms with Gasteiger partial charge in [-0.15, -0.1) is 0 Å². The third-order valence-corrected chi connectivity index (χ3v) is 5.09. The second-order valence-corrected chi connectivity index (χ2v) is 6.57. The Morgan fingerprint density at radius 2 is 2.25 bits per heavy atom. The van der Waals surface area contributed by atoms with Gasteiger partial charge in [-0.1, -0.05) is 20.3 Å². The van der Waals surface area contributed by atoms with Gasteiger partial charge in [-0.05, 0) is 25.0 Å². The average Bonchev–Trinajstić information content (AvgIpc) is 2.96. The van der Waals surface area contributed by atoms with Crippen molar-refractivity contribution < 1.29 is 4.92 Å². The highest BCUT2D eigenvalue weighted by Crippen LogP contribution is 2.35. The fourth-order valence-electron chi connectivity index (χ4n) is 2.84. The van der Waals surface area contributed by atoms with Crippen LogP contribution in [0.1, 0.15) is 38.8 Å². The second-order valence-electron chi connectivity index (χ2n) is 5.05. The summed E-state index contributed by atoms with van der Waals surface area (Å²) in [4.78, 5) is 11.0. The molecule has 1 heterocycles. The van der Waals surface area contributed by atoms with E-state index in [1.54, 1.807) is 11.7 Å². The van der Waals surface area contributed by atoms with E-state index >= 15 is 0 Å². The fourth-order valence-corrected chi connectivity index (χ4v) is 4.04. The normalized spacial score (nSPS) is 22.1. The first kappa shape index (κ1) is 15.2. The van der Waals surface area contributed by atoms with Crippen molar-refractivity contribution >= 4 is 23.3 Å². The number of aryl methyl sites for hydroxylation is 2. The van der Waals surface area contributed by atoms with Gasteiger partial charge in [-0.3, -0.25) is 10.1 Å². The highest BCUT2D eigenvalue weighted by atomic mass is 32.2. The Bertz CT molecular complexity index is 489. The number of nitro groups is 1. The molecule has 0 bridgehead atoms. The first-order valence-corrected chi connectivity index (χ1v) is 8.21. The highest BCUT2D eigenvalue weighted by molar-refractivity contribution is 7.99. The van der Waals surface area contributed by atoms with Crippen LogP contribution in [0, 0.1) is 10.1 Å². The number of rotatable bonds is 6. The molecule has 0 radical (unpaired) electrons. The van der Waals surface area contributed by atoms with E-state index in [9.17, 15) is 10.1 Å². The summed E-state index contributed by atoms with van der Waals surface area (Å²) in [6.45, 7) is 4.05. The molecule has 1 N–H and O–H groups in total. The summed E-state index contributed by atoms with van der Waals surface area (Å²) >= 11 is 1.94.